The van der Waals surface area contributed by atoms with Crippen LogP contribution in [-0.4, -0.2) is 40.9 Å². The molecule has 1 aromatic heterocycles. The van der Waals surface area contributed by atoms with Gasteiger partial charge in [-0.25, -0.2) is 4.98 Å². The number of carbonyl (C=O) groups is 1. The number of carbonyl (C=O) groups excluding carboxylic acids is 1. The van der Waals surface area contributed by atoms with E-state index in [1.54, 1.807) is 36.4 Å². The minimum Gasteiger partial charge on any atom is -0.497 e. The molecular formula is C26H27N4O5. The average molecular weight is 476 g/mol. The van der Waals surface area contributed by atoms with Crippen molar-refractivity contribution in [2.24, 2.45) is 11.8 Å². The fourth-order valence-corrected chi connectivity index (χ4v) is 4.25. The fourth-order valence-electron chi connectivity index (χ4n) is 4.25. The second-order valence-electron chi connectivity index (χ2n) is 8.57. The molecule has 1 radical (unpaired) electrons. The summed E-state index contributed by atoms with van der Waals surface area (Å²) in [5, 5.41) is 12.1. The number of piperidine rings is 1. The highest BCUT2D eigenvalue weighted by Gasteiger charge is 2.32. The Hall–Kier alpha value is -4.01. The Morgan fingerprint density at radius 1 is 1.17 bits per heavy atom. The van der Waals surface area contributed by atoms with E-state index in [2.05, 4.69) is 23.8 Å². The van der Waals surface area contributed by atoms with Gasteiger partial charge in [-0.1, -0.05) is 44.2 Å². The molecule has 1 saturated heterocycles. The zero-order valence-corrected chi connectivity index (χ0v) is 19.7. The van der Waals surface area contributed by atoms with Gasteiger partial charge in [0.15, 0.2) is 5.78 Å². The summed E-state index contributed by atoms with van der Waals surface area (Å²) in [7, 11) is 1.49. The molecule has 0 amide bonds. The minimum atomic E-state index is -0.542. The first kappa shape index (κ1) is 24.1. The molecule has 0 spiro atoms. The SMILES string of the molecule is [CH2]C(C)C1CCN(c2ncnc(Oc3cc(OC)ccc3C(=O)c3ccccc3)c2[N+](=O)[O-])CC1. The van der Waals surface area contributed by atoms with E-state index in [1.165, 1.54) is 19.5 Å². The summed E-state index contributed by atoms with van der Waals surface area (Å²) in [5.74, 6) is 0.999. The Bertz CT molecular complexity index is 1210. The zero-order valence-electron chi connectivity index (χ0n) is 19.7. The van der Waals surface area contributed by atoms with E-state index in [-0.39, 0.29) is 34.5 Å². The molecule has 4 rings (SSSR count). The van der Waals surface area contributed by atoms with Gasteiger partial charge in [-0.2, -0.15) is 4.98 Å². The largest absolute Gasteiger partial charge is 0.497 e. The monoisotopic (exact) mass is 475 g/mol. The maximum atomic E-state index is 13.2. The third-order valence-corrected chi connectivity index (χ3v) is 6.27. The summed E-state index contributed by atoms with van der Waals surface area (Å²) in [6.45, 7) is 7.45. The number of hydrogen-bond acceptors (Lipinski definition) is 8. The molecule has 0 bridgehead atoms. The number of rotatable bonds is 8. The van der Waals surface area contributed by atoms with Gasteiger partial charge in [0, 0.05) is 24.7 Å². The predicted molar refractivity (Wildman–Crippen MR) is 131 cm³/mol. The summed E-state index contributed by atoms with van der Waals surface area (Å²) in [5.41, 5.74) is 0.356. The lowest BCUT2D eigenvalue weighted by Crippen LogP contribution is -2.36. The van der Waals surface area contributed by atoms with Crippen molar-refractivity contribution < 1.29 is 19.2 Å². The van der Waals surface area contributed by atoms with Crippen LogP contribution in [0.15, 0.2) is 54.9 Å². The highest BCUT2D eigenvalue weighted by molar-refractivity contribution is 6.10. The van der Waals surface area contributed by atoms with Crippen molar-refractivity contribution in [3.05, 3.63) is 83.0 Å². The molecule has 9 heteroatoms. The van der Waals surface area contributed by atoms with E-state index in [0.29, 0.717) is 36.2 Å². The Balaban J connectivity index is 1.71. The van der Waals surface area contributed by atoms with Crippen molar-refractivity contribution in [2.45, 2.75) is 19.8 Å². The number of benzene rings is 2. The molecule has 0 aliphatic carbocycles. The van der Waals surface area contributed by atoms with Gasteiger partial charge in [-0.3, -0.25) is 14.9 Å². The molecule has 1 aliphatic heterocycles. The van der Waals surface area contributed by atoms with Crippen molar-refractivity contribution in [2.75, 3.05) is 25.1 Å². The van der Waals surface area contributed by atoms with Crippen LogP contribution in [0.4, 0.5) is 11.5 Å². The molecule has 9 nitrogen and oxygen atoms in total. The summed E-state index contributed by atoms with van der Waals surface area (Å²) in [4.78, 5) is 34.9. The maximum Gasteiger partial charge on any atom is 0.373 e. The summed E-state index contributed by atoms with van der Waals surface area (Å²) >= 11 is 0. The van der Waals surface area contributed by atoms with Crippen molar-refractivity contribution in [1.82, 2.24) is 9.97 Å². The van der Waals surface area contributed by atoms with Crippen molar-refractivity contribution >= 4 is 17.3 Å². The molecule has 1 aliphatic rings. The third kappa shape index (κ3) is 5.24. The van der Waals surface area contributed by atoms with Crippen LogP contribution in [0, 0.1) is 28.9 Å². The molecule has 35 heavy (non-hydrogen) atoms. The van der Waals surface area contributed by atoms with E-state index in [4.69, 9.17) is 9.47 Å². The van der Waals surface area contributed by atoms with Gasteiger partial charge in [-0.15, -0.1) is 0 Å². The smallest absolute Gasteiger partial charge is 0.373 e. The number of aromatic nitrogens is 2. The van der Waals surface area contributed by atoms with Gasteiger partial charge in [0.1, 0.15) is 17.8 Å². The third-order valence-electron chi connectivity index (χ3n) is 6.27. The van der Waals surface area contributed by atoms with Gasteiger partial charge >= 0.3 is 11.6 Å². The minimum absolute atomic E-state index is 0.107. The summed E-state index contributed by atoms with van der Waals surface area (Å²) in [6, 6.07) is 13.4. The lowest BCUT2D eigenvalue weighted by atomic mass is 9.87. The van der Waals surface area contributed by atoms with E-state index in [0.717, 1.165) is 12.8 Å². The predicted octanol–water partition coefficient (Wildman–Crippen LogP) is 5.10. The number of hydrogen-bond donors (Lipinski definition) is 0. The van der Waals surface area contributed by atoms with Crippen molar-refractivity contribution in [1.29, 1.82) is 0 Å². The van der Waals surface area contributed by atoms with Crippen LogP contribution in [-0.2, 0) is 0 Å². The van der Waals surface area contributed by atoms with E-state index in [9.17, 15) is 14.9 Å². The van der Waals surface area contributed by atoms with Crippen LogP contribution in [0.3, 0.4) is 0 Å². The topological polar surface area (TPSA) is 108 Å². The molecule has 2 heterocycles. The molecule has 1 atom stereocenters. The Kier molecular flexibility index (Phi) is 7.24. The molecule has 2 aromatic carbocycles. The lowest BCUT2D eigenvalue weighted by molar-refractivity contribution is -0.385. The number of ketones is 1. The van der Waals surface area contributed by atoms with Gasteiger partial charge in [0.2, 0.25) is 5.82 Å². The number of nitro groups is 1. The second kappa shape index (κ2) is 10.5. The first-order valence-electron chi connectivity index (χ1n) is 11.4. The quantitative estimate of drug-likeness (QED) is 0.251. The zero-order chi connectivity index (χ0) is 24.9. The second-order valence-corrected chi connectivity index (χ2v) is 8.57. The van der Waals surface area contributed by atoms with Crippen molar-refractivity contribution in [3.8, 4) is 17.4 Å². The Morgan fingerprint density at radius 3 is 2.51 bits per heavy atom. The first-order valence-corrected chi connectivity index (χ1v) is 11.4. The molecule has 3 aromatic rings. The molecule has 0 saturated carbocycles. The Morgan fingerprint density at radius 2 is 1.89 bits per heavy atom. The molecule has 1 unspecified atom stereocenters. The number of nitrogens with zero attached hydrogens (tertiary/aromatic N) is 4. The van der Waals surface area contributed by atoms with Gasteiger partial charge in [-0.05, 0) is 36.8 Å². The van der Waals surface area contributed by atoms with Crippen molar-refractivity contribution in [3.63, 3.8) is 0 Å². The van der Waals surface area contributed by atoms with Crippen LogP contribution in [0.1, 0.15) is 35.7 Å². The van der Waals surface area contributed by atoms with Crippen LogP contribution in [0.5, 0.6) is 17.4 Å². The molecular weight excluding hydrogens is 448 g/mol. The molecule has 1 fully saturated rings. The lowest BCUT2D eigenvalue weighted by Gasteiger charge is -2.34. The molecule has 0 N–H and O–H groups in total. The normalized spacial score (nSPS) is 14.1. The number of methoxy groups -OCH3 is 1. The van der Waals surface area contributed by atoms with Gasteiger partial charge in [0.25, 0.3) is 0 Å². The van der Waals surface area contributed by atoms with Crippen LogP contribution >= 0.6 is 0 Å². The van der Waals surface area contributed by atoms with Crippen LogP contribution in [0.25, 0.3) is 0 Å². The Labute approximate surface area is 203 Å². The van der Waals surface area contributed by atoms with Crippen LogP contribution in [0.2, 0.25) is 0 Å². The van der Waals surface area contributed by atoms with Gasteiger partial charge in [0.05, 0.1) is 17.6 Å². The summed E-state index contributed by atoms with van der Waals surface area (Å²) in [6.07, 6.45) is 2.98. The fraction of sp³-hybridized carbons (Fsp3) is 0.308. The number of ether oxygens (including phenoxy) is 2. The van der Waals surface area contributed by atoms with E-state index >= 15 is 0 Å². The van der Waals surface area contributed by atoms with Gasteiger partial charge < -0.3 is 14.4 Å². The highest BCUT2D eigenvalue weighted by atomic mass is 16.6. The standard InChI is InChI=1S/C26H27N4O5/c1-17(2)18-11-13-29(14-12-18)25-23(30(32)33)26(28-16-27-25)35-22-15-20(34-3)9-10-21(22)24(31)19-7-5-4-6-8-19/h4-10,15-18H,1,11-14H2,2-3H3. The molecule has 181 valence electrons. The van der Waals surface area contributed by atoms with Crippen LogP contribution < -0.4 is 14.4 Å². The highest BCUT2D eigenvalue weighted by Crippen LogP contribution is 2.40. The van der Waals surface area contributed by atoms with E-state index in [1.807, 2.05) is 11.0 Å². The maximum absolute atomic E-state index is 13.2. The summed E-state index contributed by atoms with van der Waals surface area (Å²) < 4.78 is 11.2. The first-order chi connectivity index (χ1) is 16.9. The number of anilines is 1. The van der Waals surface area contributed by atoms with E-state index < -0.39 is 4.92 Å². The average Bonchev–Trinajstić information content (AvgIpc) is 2.88.